The monoisotopic (exact) mass is 435 g/mol. The fourth-order valence-corrected chi connectivity index (χ4v) is 3.69. The smallest absolute Gasteiger partial charge is 0.283 e. The van der Waals surface area contributed by atoms with Gasteiger partial charge in [0.1, 0.15) is 23.1 Å². The van der Waals surface area contributed by atoms with Crippen LogP contribution in [0.15, 0.2) is 70.7 Å². The van der Waals surface area contributed by atoms with Crippen molar-refractivity contribution in [2.24, 2.45) is 4.99 Å². The van der Waals surface area contributed by atoms with Crippen LogP contribution in [-0.2, 0) is 4.79 Å². The van der Waals surface area contributed by atoms with Gasteiger partial charge in [0.15, 0.2) is 5.17 Å². The van der Waals surface area contributed by atoms with E-state index in [9.17, 15) is 4.79 Å². The van der Waals surface area contributed by atoms with Crippen molar-refractivity contribution in [3.8, 4) is 17.2 Å². The number of carbonyl (C=O) groups is 1. The molecule has 2 aliphatic rings. The number of ether oxygens (including phenoxy) is 3. The average molecular weight is 436 g/mol. The molecule has 31 heavy (non-hydrogen) atoms. The van der Waals surface area contributed by atoms with Crippen LogP contribution in [-0.4, -0.2) is 42.1 Å². The van der Waals surface area contributed by atoms with E-state index < -0.39 is 5.91 Å². The number of rotatable bonds is 8. The van der Waals surface area contributed by atoms with E-state index in [2.05, 4.69) is 4.99 Å². The summed E-state index contributed by atoms with van der Waals surface area (Å²) in [5.41, 5.74) is 1.07. The summed E-state index contributed by atoms with van der Waals surface area (Å²) >= 11 is 1.33. The molecule has 2 heterocycles. The van der Waals surface area contributed by atoms with Crippen molar-refractivity contribution in [3.05, 3.63) is 71.3 Å². The Morgan fingerprint density at radius 2 is 1.81 bits per heavy atom. The molecule has 7 nitrogen and oxygen atoms in total. The number of hydrogen-bond donors (Lipinski definition) is 1. The summed E-state index contributed by atoms with van der Waals surface area (Å²) in [6.45, 7) is 1.05. The van der Waals surface area contributed by atoms with Crippen molar-refractivity contribution in [1.29, 1.82) is 5.41 Å². The molecule has 0 saturated carbocycles. The third-order valence-electron chi connectivity index (χ3n) is 4.57. The fraction of sp³-hybridized carbons (Fsp3) is 0.174. The van der Waals surface area contributed by atoms with E-state index in [1.807, 2.05) is 48.5 Å². The topological polar surface area (TPSA) is 84.2 Å². The molecular weight excluding hydrogens is 414 g/mol. The van der Waals surface area contributed by atoms with Gasteiger partial charge < -0.3 is 14.2 Å². The van der Waals surface area contributed by atoms with Crippen molar-refractivity contribution in [2.45, 2.75) is 6.42 Å². The zero-order chi connectivity index (χ0) is 21.6. The van der Waals surface area contributed by atoms with Crippen molar-refractivity contribution in [2.75, 3.05) is 20.3 Å². The van der Waals surface area contributed by atoms with E-state index in [1.165, 1.54) is 11.8 Å². The Morgan fingerprint density at radius 1 is 1.06 bits per heavy atom. The Morgan fingerprint density at radius 3 is 2.58 bits per heavy atom. The van der Waals surface area contributed by atoms with Gasteiger partial charge in [-0.25, -0.2) is 0 Å². The second kappa shape index (κ2) is 9.53. The summed E-state index contributed by atoms with van der Waals surface area (Å²) < 4.78 is 16.6. The minimum atomic E-state index is -0.399. The third kappa shape index (κ3) is 4.97. The van der Waals surface area contributed by atoms with Crippen LogP contribution in [0.5, 0.6) is 17.2 Å². The third-order valence-corrected chi connectivity index (χ3v) is 5.33. The zero-order valence-corrected chi connectivity index (χ0v) is 17.7. The van der Waals surface area contributed by atoms with Gasteiger partial charge in [-0.3, -0.25) is 15.1 Å². The van der Waals surface area contributed by atoms with Crippen LogP contribution in [0.25, 0.3) is 6.08 Å². The van der Waals surface area contributed by atoms with E-state index in [0.29, 0.717) is 18.4 Å². The lowest BCUT2D eigenvalue weighted by Gasteiger charge is -2.22. The van der Waals surface area contributed by atoms with Crippen LogP contribution in [0.1, 0.15) is 12.0 Å². The van der Waals surface area contributed by atoms with Gasteiger partial charge in [0, 0.05) is 18.7 Å². The molecule has 0 unspecified atom stereocenters. The second-order valence-electron chi connectivity index (χ2n) is 6.68. The minimum Gasteiger partial charge on any atom is -0.497 e. The largest absolute Gasteiger partial charge is 0.497 e. The molecule has 0 aromatic heterocycles. The zero-order valence-electron chi connectivity index (χ0n) is 16.9. The first-order chi connectivity index (χ1) is 15.1. The number of fused-ring (bicyclic) bond motifs is 1. The summed E-state index contributed by atoms with van der Waals surface area (Å²) in [7, 11) is 1.62. The van der Waals surface area contributed by atoms with E-state index in [0.717, 1.165) is 29.2 Å². The van der Waals surface area contributed by atoms with Crippen LogP contribution in [0.4, 0.5) is 0 Å². The molecule has 158 valence electrons. The van der Waals surface area contributed by atoms with Gasteiger partial charge in [-0.15, -0.1) is 0 Å². The molecule has 1 N–H and O–H groups in total. The van der Waals surface area contributed by atoms with Gasteiger partial charge in [0.25, 0.3) is 5.91 Å². The second-order valence-corrected chi connectivity index (χ2v) is 7.55. The van der Waals surface area contributed by atoms with Gasteiger partial charge in [0.05, 0.1) is 25.9 Å². The predicted octanol–water partition coefficient (Wildman–Crippen LogP) is 4.32. The summed E-state index contributed by atoms with van der Waals surface area (Å²) in [4.78, 5) is 17.9. The number of amides is 1. The molecule has 0 spiro atoms. The SMILES string of the molecule is COc1cccc(OCCCOc2ccc(/C=C3/C(=N)N4C=CSC4=NC3=O)cc2)c1. The first-order valence-electron chi connectivity index (χ1n) is 9.70. The van der Waals surface area contributed by atoms with Gasteiger partial charge in [0.2, 0.25) is 0 Å². The Labute approximate surface area is 184 Å². The maximum Gasteiger partial charge on any atom is 0.283 e. The minimum absolute atomic E-state index is 0.132. The van der Waals surface area contributed by atoms with E-state index in [1.54, 1.807) is 29.7 Å². The highest BCUT2D eigenvalue weighted by Gasteiger charge is 2.30. The molecule has 0 saturated heterocycles. The molecule has 2 aromatic carbocycles. The first kappa shape index (κ1) is 20.7. The number of hydrogen-bond acceptors (Lipinski definition) is 6. The van der Waals surface area contributed by atoms with Crippen LogP contribution in [0.2, 0.25) is 0 Å². The van der Waals surface area contributed by atoms with Gasteiger partial charge in [-0.05, 0) is 41.3 Å². The Balaban J connectivity index is 1.27. The Bertz CT molecular complexity index is 1080. The summed E-state index contributed by atoms with van der Waals surface area (Å²) in [6, 6.07) is 14.9. The summed E-state index contributed by atoms with van der Waals surface area (Å²) in [5.74, 6) is 1.99. The number of thioether (sulfide) groups is 1. The molecule has 0 fully saturated rings. The molecule has 4 rings (SSSR count). The van der Waals surface area contributed by atoms with E-state index >= 15 is 0 Å². The standard InChI is InChI=1S/C23H21N3O4S/c1-28-18-4-2-5-19(15-18)30-12-3-11-29-17-8-6-16(7-9-17)14-20-21(24)26-10-13-31-23(26)25-22(20)27/h2,4-10,13-15,24H,3,11-12H2,1H3/b20-14-,24-21?. The van der Waals surface area contributed by atoms with Crippen LogP contribution in [0, 0.1) is 5.41 Å². The highest BCUT2D eigenvalue weighted by molar-refractivity contribution is 8.16. The molecule has 1 amide bonds. The number of carbonyl (C=O) groups excluding carboxylic acids is 1. The lowest BCUT2D eigenvalue weighted by molar-refractivity contribution is -0.114. The lowest BCUT2D eigenvalue weighted by Crippen LogP contribution is -2.35. The first-order valence-corrected chi connectivity index (χ1v) is 10.6. The number of aliphatic imine (C=N–C) groups is 1. The molecule has 0 bridgehead atoms. The molecule has 0 atom stereocenters. The van der Waals surface area contributed by atoms with Crippen molar-refractivity contribution in [1.82, 2.24) is 4.90 Å². The maximum atomic E-state index is 12.3. The number of nitrogens with one attached hydrogen (secondary N) is 1. The van der Waals surface area contributed by atoms with E-state index in [4.69, 9.17) is 19.6 Å². The number of benzene rings is 2. The van der Waals surface area contributed by atoms with E-state index in [-0.39, 0.29) is 11.4 Å². The average Bonchev–Trinajstić information content (AvgIpc) is 3.26. The van der Waals surface area contributed by atoms with Crippen LogP contribution >= 0.6 is 11.8 Å². The van der Waals surface area contributed by atoms with Gasteiger partial charge in [-0.1, -0.05) is 30.0 Å². The number of amidine groups is 2. The quantitative estimate of drug-likeness (QED) is 0.491. The molecule has 2 aliphatic heterocycles. The lowest BCUT2D eigenvalue weighted by atomic mass is 10.1. The highest BCUT2D eigenvalue weighted by Crippen LogP contribution is 2.27. The van der Waals surface area contributed by atoms with Gasteiger partial charge >= 0.3 is 0 Å². The van der Waals surface area contributed by atoms with Crippen molar-refractivity contribution >= 4 is 34.7 Å². The molecule has 0 radical (unpaired) electrons. The molecule has 2 aromatic rings. The Kier molecular flexibility index (Phi) is 6.37. The molecule has 0 aliphatic carbocycles. The Hall–Kier alpha value is -3.52. The number of nitrogens with zero attached hydrogens (tertiary/aromatic N) is 2. The van der Waals surface area contributed by atoms with Crippen LogP contribution < -0.4 is 14.2 Å². The normalized spacial score (nSPS) is 16.4. The highest BCUT2D eigenvalue weighted by atomic mass is 32.2. The summed E-state index contributed by atoms with van der Waals surface area (Å²) in [6.07, 6.45) is 4.14. The molecule has 8 heteroatoms. The fourth-order valence-electron chi connectivity index (χ4n) is 2.99. The predicted molar refractivity (Wildman–Crippen MR) is 122 cm³/mol. The number of methoxy groups -OCH3 is 1. The van der Waals surface area contributed by atoms with Gasteiger partial charge in [-0.2, -0.15) is 4.99 Å². The maximum absolute atomic E-state index is 12.3. The molecular formula is C23H21N3O4S. The van der Waals surface area contributed by atoms with Crippen LogP contribution in [0.3, 0.4) is 0 Å². The van der Waals surface area contributed by atoms with Crippen molar-refractivity contribution < 1.29 is 19.0 Å². The van der Waals surface area contributed by atoms with Crippen molar-refractivity contribution in [3.63, 3.8) is 0 Å². The summed E-state index contributed by atoms with van der Waals surface area (Å²) in [5, 5.41) is 10.6.